The molecule has 0 aromatic carbocycles. The van der Waals surface area contributed by atoms with Gasteiger partial charge in [0, 0.05) is 23.3 Å². The lowest BCUT2D eigenvalue weighted by atomic mass is 10.2. The normalized spacial score (nSPS) is 11.2. The zero-order valence-electron chi connectivity index (χ0n) is 14.3. The predicted octanol–water partition coefficient (Wildman–Crippen LogP) is 2.78. The van der Waals surface area contributed by atoms with E-state index < -0.39 is 11.7 Å². The molecule has 0 spiro atoms. The van der Waals surface area contributed by atoms with Crippen molar-refractivity contribution in [3.05, 3.63) is 22.8 Å². The van der Waals surface area contributed by atoms with Crippen LogP contribution in [0.25, 0.3) is 0 Å². The molecule has 0 saturated heterocycles. The van der Waals surface area contributed by atoms with Crippen LogP contribution < -0.4 is 10.1 Å². The molecule has 136 valence electrons. The number of carbonyl (C=O) groups excluding carboxylic acids is 1. The van der Waals surface area contributed by atoms with E-state index in [4.69, 9.17) is 18.9 Å². The Bertz CT molecular complexity index is 494. The van der Waals surface area contributed by atoms with Gasteiger partial charge in [0.25, 0.3) is 0 Å². The van der Waals surface area contributed by atoms with E-state index >= 15 is 0 Å². The van der Waals surface area contributed by atoms with Gasteiger partial charge in [0.1, 0.15) is 12.2 Å². The topological polar surface area (TPSA) is 78.9 Å². The molecule has 7 nitrogen and oxygen atoms in total. The molecule has 0 atom stereocenters. The zero-order valence-corrected chi connectivity index (χ0v) is 15.9. The van der Waals surface area contributed by atoms with E-state index in [0.717, 1.165) is 4.47 Å². The molecule has 0 aliphatic carbocycles. The van der Waals surface area contributed by atoms with Crippen LogP contribution in [-0.4, -0.2) is 56.3 Å². The molecule has 1 N–H and O–H groups in total. The van der Waals surface area contributed by atoms with Crippen molar-refractivity contribution in [1.82, 2.24) is 10.3 Å². The van der Waals surface area contributed by atoms with Crippen LogP contribution in [0.4, 0.5) is 4.79 Å². The molecule has 1 rings (SSSR count). The molecule has 0 bridgehead atoms. The summed E-state index contributed by atoms with van der Waals surface area (Å²) in [4.78, 5) is 15.4. The minimum Gasteiger partial charge on any atom is -0.475 e. The van der Waals surface area contributed by atoms with Crippen molar-refractivity contribution >= 4 is 22.0 Å². The number of nitrogens with one attached hydrogen (secondary N) is 1. The first kappa shape index (κ1) is 20.7. The second-order valence-corrected chi connectivity index (χ2v) is 6.73. The van der Waals surface area contributed by atoms with Crippen molar-refractivity contribution < 1.29 is 23.7 Å². The molecule has 8 heteroatoms. The van der Waals surface area contributed by atoms with E-state index in [0.29, 0.717) is 45.5 Å². The lowest BCUT2D eigenvalue weighted by Crippen LogP contribution is -2.34. The third-order valence-electron chi connectivity index (χ3n) is 2.46. The molecule has 0 aliphatic rings. The molecule has 0 unspecified atom stereocenters. The largest absolute Gasteiger partial charge is 0.475 e. The summed E-state index contributed by atoms with van der Waals surface area (Å²) in [6.07, 6.45) is 1.22. The van der Waals surface area contributed by atoms with Gasteiger partial charge in [-0.15, -0.1) is 0 Å². The fourth-order valence-corrected chi connectivity index (χ4v) is 1.84. The number of rotatable bonds is 10. The van der Waals surface area contributed by atoms with Crippen LogP contribution in [0.3, 0.4) is 0 Å². The van der Waals surface area contributed by atoms with Gasteiger partial charge in [-0.3, -0.25) is 0 Å². The van der Waals surface area contributed by atoms with Crippen molar-refractivity contribution in [2.45, 2.75) is 26.4 Å². The molecule has 1 aromatic rings. The van der Waals surface area contributed by atoms with E-state index in [1.165, 1.54) is 0 Å². The molecule has 0 saturated carbocycles. The summed E-state index contributed by atoms with van der Waals surface area (Å²) < 4.78 is 22.2. The van der Waals surface area contributed by atoms with E-state index in [9.17, 15) is 4.79 Å². The fourth-order valence-electron chi connectivity index (χ4n) is 1.53. The maximum Gasteiger partial charge on any atom is 0.407 e. The van der Waals surface area contributed by atoms with Crippen LogP contribution >= 0.6 is 15.9 Å². The van der Waals surface area contributed by atoms with E-state index in [1.807, 2.05) is 26.8 Å². The zero-order chi connectivity index (χ0) is 17.8. The Labute approximate surface area is 151 Å². The van der Waals surface area contributed by atoms with Crippen LogP contribution in [0.1, 0.15) is 20.8 Å². The van der Waals surface area contributed by atoms with Crippen LogP contribution in [0.15, 0.2) is 22.8 Å². The number of amides is 1. The highest BCUT2D eigenvalue weighted by Gasteiger charge is 2.15. The van der Waals surface area contributed by atoms with Crippen LogP contribution in [0, 0.1) is 0 Å². The quantitative estimate of drug-likeness (QED) is 0.604. The summed E-state index contributed by atoms with van der Waals surface area (Å²) in [6, 6.07) is 3.62. The average molecular weight is 405 g/mol. The van der Waals surface area contributed by atoms with Crippen molar-refractivity contribution in [3.63, 3.8) is 0 Å². The summed E-state index contributed by atoms with van der Waals surface area (Å²) in [5.74, 6) is 0.553. The number of pyridine rings is 1. The highest BCUT2D eigenvalue weighted by atomic mass is 79.9. The molecule has 1 heterocycles. The SMILES string of the molecule is CC(C)(C)OC(=O)NCCOCCOCCOc1cc(Br)ccn1. The van der Waals surface area contributed by atoms with Gasteiger partial charge in [0.15, 0.2) is 0 Å². The first-order valence-corrected chi connectivity index (χ1v) is 8.53. The second kappa shape index (κ2) is 11.2. The van der Waals surface area contributed by atoms with Gasteiger partial charge in [0.05, 0.1) is 26.4 Å². The van der Waals surface area contributed by atoms with Crippen LogP contribution in [-0.2, 0) is 14.2 Å². The molecular weight excluding hydrogens is 380 g/mol. The Hall–Kier alpha value is -1.38. The lowest BCUT2D eigenvalue weighted by Gasteiger charge is -2.19. The molecule has 1 amide bonds. The van der Waals surface area contributed by atoms with Gasteiger partial charge >= 0.3 is 6.09 Å². The van der Waals surface area contributed by atoms with Crippen molar-refractivity contribution in [1.29, 1.82) is 0 Å². The number of alkyl carbamates (subject to hydrolysis) is 1. The maximum absolute atomic E-state index is 11.4. The van der Waals surface area contributed by atoms with E-state index in [2.05, 4.69) is 26.2 Å². The Kier molecular flexibility index (Phi) is 9.66. The molecule has 0 fully saturated rings. The van der Waals surface area contributed by atoms with E-state index in [-0.39, 0.29) is 0 Å². The van der Waals surface area contributed by atoms with Gasteiger partial charge < -0.3 is 24.3 Å². The Morgan fingerprint density at radius 3 is 2.50 bits per heavy atom. The first-order valence-electron chi connectivity index (χ1n) is 7.73. The first-order chi connectivity index (χ1) is 11.4. The van der Waals surface area contributed by atoms with E-state index in [1.54, 1.807) is 12.3 Å². The number of nitrogens with zero attached hydrogens (tertiary/aromatic N) is 1. The highest BCUT2D eigenvalue weighted by molar-refractivity contribution is 9.10. The predicted molar refractivity (Wildman–Crippen MR) is 93.3 cm³/mol. The number of aromatic nitrogens is 1. The number of hydrogen-bond acceptors (Lipinski definition) is 6. The summed E-state index contributed by atoms with van der Waals surface area (Å²) in [7, 11) is 0. The van der Waals surface area contributed by atoms with Gasteiger partial charge in [-0.2, -0.15) is 0 Å². The maximum atomic E-state index is 11.4. The minimum atomic E-state index is -0.494. The number of hydrogen-bond donors (Lipinski definition) is 1. The number of carbonyl (C=O) groups is 1. The third-order valence-corrected chi connectivity index (χ3v) is 2.95. The molecular formula is C16H25BrN2O5. The van der Waals surface area contributed by atoms with Crippen molar-refractivity contribution in [2.24, 2.45) is 0 Å². The Morgan fingerprint density at radius 2 is 1.83 bits per heavy atom. The van der Waals surface area contributed by atoms with Crippen LogP contribution in [0.2, 0.25) is 0 Å². The fraction of sp³-hybridized carbons (Fsp3) is 0.625. The standard InChI is InChI=1S/C16H25BrN2O5/c1-16(2,3)24-15(20)19-6-7-21-8-9-22-10-11-23-14-12-13(17)4-5-18-14/h4-5,12H,6-11H2,1-3H3,(H,19,20). The van der Waals surface area contributed by atoms with Gasteiger partial charge in [-0.25, -0.2) is 9.78 Å². The van der Waals surface area contributed by atoms with Crippen LogP contribution in [0.5, 0.6) is 5.88 Å². The van der Waals surface area contributed by atoms with Crippen molar-refractivity contribution in [2.75, 3.05) is 39.6 Å². The van der Waals surface area contributed by atoms with Gasteiger partial charge in [0.2, 0.25) is 5.88 Å². The minimum absolute atomic E-state index is 0.395. The summed E-state index contributed by atoms with van der Waals surface area (Å²) in [5, 5.41) is 2.62. The smallest absolute Gasteiger partial charge is 0.407 e. The third kappa shape index (κ3) is 11.2. The molecule has 24 heavy (non-hydrogen) atoms. The Balaban J connectivity index is 1.90. The number of ether oxygens (including phenoxy) is 4. The highest BCUT2D eigenvalue weighted by Crippen LogP contribution is 2.14. The molecule has 1 aromatic heterocycles. The monoisotopic (exact) mass is 404 g/mol. The number of halogens is 1. The Morgan fingerprint density at radius 1 is 1.17 bits per heavy atom. The second-order valence-electron chi connectivity index (χ2n) is 5.81. The van der Waals surface area contributed by atoms with Crippen molar-refractivity contribution in [3.8, 4) is 5.88 Å². The van der Waals surface area contributed by atoms with Gasteiger partial charge in [-0.1, -0.05) is 15.9 Å². The summed E-state index contributed by atoms with van der Waals surface area (Å²) in [5.41, 5.74) is -0.494. The average Bonchev–Trinajstić information content (AvgIpc) is 2.47. The molecule has 0 aliphatic heterocycles. The lowest BCUT2D eigenvalue weighted by molar-refractivity contribution is 0.0324. The molecule has 0 radical (unpaired) electrons. The summed E-state index contributed by atoms with van der Waals surface area (Å²) >= 11 is 3.35. The van der Waals surface area contributed by atoms with Gasteiger partial charge in [-0.05, 0) is 26.8 Å². The summed E-state index contributed by atoms with van der Waals surface area (Å²) in [6.45, 7) is 8.03.